The summed E-state index contributed by atoms with van der Waals surface area (Å²) in [7, 11) is 3.19. The van der Waals surface area contributed by atoms with Gasteiger partial charge < -0.3 is 14.5 Å². The number of pyridine rings is 2. The van der Waals surface area contributed by atoms with Crippen LogP contribution in [0.2, 0.25) is 0 Å². The van der Waals surface area contributed by atoms with Gasteiger partial charge in [-0.1, -0.05) is 42.5 Å². The summed E-state index contributed by atoms with van der Waals surface area (Å²) in [5.74, 6) is 1.17. The first-order valence-electron chi connectivity index (χ1n) is 10.7. The molecule has 168 valence electrons. The van der Waals surface area contributed by atoms with E-state index in [9.17, 15) is 4.79 Å². The van der Waals surface area contributed by atoms with Gasteiger partial charge in [0.1, 0.15) is 0 Å². The second-order valence-electron chi connectivity index (χ2n) is 7.68. The third-order valence-electron chi connectivity index (χ3n) is 5.61. The number of methoxy groups -OCH3 is 2. The predicted molar refractivity (Wildman–Crippen MR) is 140 cm³/mol. The van der Waals surface area contributed by atoms with E-state index in [4.69, 9.17) is 9.47 Å². The molecule has 0 aliphatic carbocycles. The Morgan fingerprint density at radius 1 is 0.882 bits per heavy atom. The van der Waals surface area contributed by atoms with Gasteiger partial charge in [-0.15, -0.1) is 11.3 Å². The molecule has 0 bridgehead atoms. The van der Waals surface area contributed by atoms with Crippen LogP contribution in [0.4, 0.5) is 0 Å². The Morgan fingerprint density at radius 3 is 2.41 bits per heavy atom. The molecule has 5 aromatic rings. The molecule has 0 saturated heterocycles. The van der Waals surface area contributed by atoms with E-state index < -0.39 is 0 Å². The number of benzene rings is 2. The van der Waals surface area contributed by atoms with E-state index in [2.05, 4.69) is 16.0 Å². The van der Waals surface area contributed by atoms with Crippen LogP contribution in [-0.4, -0.2) is 24.2 Å². The Balaban J connectivity index is 1.75. The molecule has 5 rings (SSSR count). The summed E-state index contributed by atoms with van der Waals surface area (Å²) in [6.45, 7) is 0. The van der Waals surface area contributed by atoms with Gasteiger partial charge in [0.25, 0.3) is 5.56 Å². The molecule has 0 aliphatic heterocycles. The number of H-pyrrole nitrogens is 1. The lowest BCUT2D eigenvalue weighted by atomic mass is 9.94. The Hall–Kier alpha value is -4.16. The van der Waals surface area contributed by atoms with Gasteiger partial charge >= 0.3 is 0 Å². The standard InChI is InChI=1S/C28H22N2O3S/c1-32-23-15-21-22(16-24(23)33-2)30-28(31)27(25-9-5-13-34-25)26(21)20-8-3-6-18(14-20)10-11-19-7-4-12-29-17-19/h3-17H,1-2H3,(H,30,31)/b11-10+. The second-order valence-corrected chi connectivity index (χ2v) is 8.63. The largest absolute Gasteiger partial charge is 0.493 e. The van der Waals surface area contributed by atoms with E-state index >= 15 is 0 Å². The fourth-order valence-electron chi connectivity index (χ4n) is 4.04. The number of nitrogens with zero attached hydrogens (tertiary/aromatic N) is 1. The van der Waals surface area contributed by atoms with Gasteiger partial charge in [0.05, 0.1) is 25.3 Å². The van der Waals surface area contributed by atoms with Crippen LogP contribution in [0.15, 0.2) is 83.2 Å². The smallest absolute Gasteiger partial charge is 0.257 e. The van der Waals surface area contributed by atoms with Crippen molar-refractivity contribution in [2.45, 2.75) is 0 Å². The van der Waals surface area contributed by atoms with Crippen molar-refractivity contribution < 1.29 is 9.47 Å². The van der Waals surface area contributed by atoms with E-state index in [1.54, 1.807) is 31.8 Å². The Labute approximate surface area is 201 Å². The number of nitrogens with one attached hydrogen (secondary N) is 1. The highest BCUT2D eigenvalue weighted by Gasteiger charge is 2.19. The SMILES string of the molecule is COc1cc2[nH]c(=O)c(-c3cccs3)c(-c3cccc(/C=C/c4cccnc4)c3)c2cc1OC. The fraction of sp³-hybridized carbons (Fsp3) is 0.0714. The van der Waals surface area contributed by atoms with E-state index in [-0.39, 0.29) is 5.56 Å². The normalized spacial score (nSPS) is 11.2. The highest BCUT2D eigenvalue weighted by Crippen LogP contribution is 2.41. The number of fused-ring (bicyclic) bond motifs is 1. The molecule has 3 aromatic heterocycles. The maximum atomic E-state index is 13.3. The van der Waals surface area contributed by atoms with E-state index in [1.165, 1.54) is 0 Å². The van der Waals surface area contributed by atoms with Crippen LogP contribution in [0.3, 0.4) is 0 Å². The number of rotatable bonds is 6. The van der Waals surface area contributed by atoms with Crippen LogP contribution in [-0.2, 0) is 0 Å². The first-order chi connectivity index (χ1) is 16.7. The van der Waals surface area contributed by atoms with Crippen molar-refractivity contribution >= 4 is 34.4 Å². The summed E-state index contributed by atoms with van der Waals surface area (Å²) >= 11 is 1.54. The molecule has 34 heavy (non-hydrogen) atoms. The summed E-state index contributed by atoms with van der Waals surface area (Å²) in [5.41, 5.74) is 5.03. The lowest BCUT2D eigenvalue weighted by Crippen LogP contribution is -2.11. The van der Waals surface area contributed by atoms with Crippen LogP contribution < -0.4 is 15.0 Å². The highest BCUT2D eigenvalue weighted by molar-refractivity contribution is 7.13. The number of aromatic nitrogens is 2. The summed E-state index contributed by atoms with van der Waals surface area (Å²) in [6, 6.07) is 19.7. The molecular weight excluding hydrogens is 444 g/mol. The molecule has 0 saturated carbocycles. The van der Waals surface area contributed by atoms with Crippen molar-refractivity contribution in [3.05, 3.63) is 99.9 Å². The molecular formula is C28H22N2O3S. The van der Waals surface area contributed by atoms with Crippen molar-refractivity contribution in [2.75, 3.05) is 14.2 Å². The number of thiophene rings is 1. The van der Waals surface area contributed by atoms with Crippen LogP contribution >= 0.6 is 11.3 Å². The molecule has 0 unspecified atom stereocenters. The van der Waals surface area contributed by atoms with Crippen molar-refractivity contribution in [3.63, 3.8) is 0 Å². The molecule has 2 aromatic carbocycles. The van der Waals surface area contributed by atoms with Gasteiger partial charge in [-0.3, -0.25) is 9.78 Å². The predicted octanol–water partition coefficient (Wildman–Crippen LogP) is 6.51. The minimum Gasteiger partial charge on any atom is -0.493 e. The van der Waals surface area contributed by atoms with Crippen molar-refractivity contribution in [2.24, 2.45) is 0 Å². The van der Waals surface area contributed by atoms with Crippen LogP contribution in [0.1, 0.15) is 11.1 Å². The zero-order valence-electron chi connectivity index (χ0n) is 18.7. The van der Waals surface area contributed by atoms with Crippen molar-refractivity contribution in [1.82, 2.24) is 9.97 Å². The minimum atomic E-state index is -0.145. The average molecular weight is 467 g/mol. The van der Waals surface area contributed by atoms with Gasteiger partial charge in [-0.05, 0) is 46.3 Å². The number of hydrogen-bond acceptors (Lipinski definition) is 5. The molecule has 0 amide bonds. The fourth-order valence-corrected chi connectivity index (χ4v) is 4.82. The maximum absolute atomic E-state index is 13.3. The number of hydrogen-bond donors (Lipinski definition) is 1. The number of ether oxygens (including phenoxy) is 2. The molecule has 6 heteroatoms. The molecule has 0 radical (unpaired) electrons. The monoisotopic (exact) mass is 466 g/mol. The lowest BCUT2D eigenvalue weighted by Gasteiger charge is -2.15. The van der Waals surface area contributed by atoms with Crippen molar-refractivity contribution in [1.29, 1.82) is 0 Å². The van der Waals surface area contributed by atoms with E-state index in [1.807, 2.05) is 78.3 Å². The third-order valence-corrected chi connectivity index (χ3v) is 6.50. The summed E-state index contributed by atoms with van der Waals surface area (Å²) in [5, 5.41) is 2.86. The zero-order valence-corrected chi connectivity index (χ0v) is 19.6. The first kappa shape index (κ1) is 21.7. The molecule has 5 nitrogen and oxygen atoms in total. The molecule has 1 N–H and O–H groups in total. The van der Waals surface area contributed by atoms with Crippen LogP contribution in [0, 0.1) is 0 Å². The number of aromatic amines is 1. The average Bonchev–Trinajstić information content (AvgIpc) is 3.41. The Kier molecular flexibility index (Phi) is 5.97. The third kappa shape index (κ3) is 4.11. The minimum absolute atomic E-state index is 0.145. The van der Waals surface area contributed by atoms with Crippen molar-refractivity contribution in [3.8, 4) is 33.1 Å². The van der Waals surface area contributed by atoms with Gasteiger partial charge in [-0.2, -0.15) is 0 Å². The Bertz CT molecular complexity index is 1540. The van der Waals surface area contributed by atoms with E-state index in [0.29, 0.717) is 22.6 Å². The maximum Gasteiger partial charge on any atom is 0.257 e. The lowest BCUT2D eigenvalue weighted by molar-refractivity contribution is 0.356. The first-order valence-corrected chi connectivity index (χ1v) is 11.6. The summed E-state index contributed by atoms with van der Waals surface area (Å²) in [6.07, 6.45) is 7.64. The quantitative estimate of drug-likeness (QED) is 0.310. The van der Waals surface area contributed by atoms with E-state index in [0.717, 1.165) is 32.5 Å². The Morgan fingerprint density at radius 2 is 1.68 bits per heavy atom. The molecule has 0 spiro atoms. The highest BCUT2D eigenvalue weighted by atomic mass is 32.1. The van der Waals surface area contributed by atoms with Gasteiger partial charge in [0.2, 0.25) is 0 Å². The van der Waals surface area contributed by atoms with Crippen LogP contribution in [0.5, 0.6) is 11.5 Å². The van der Waals surface area contributed by atoms with Crippen LogP contribution in [0.25, 0.3) is 44.6 Å². The molecule has 3 heterocycles. The van der Waals surface area contributed by atoms with Gasteiger partial charge in [-0.25, -0.2) is 0 Å². The molecule has 0 atom stereocenters. The van der Waals surface area contributed by atoms with Gasteiger partial charge in [0, 0.05) is 34.3 Å². The summed E-state index contributed by atoms with van der Waals surface area (Å²) < 4.78 is 11.0. The molecule has 0 aliphatic rings. The second kappa shape index (κ2) is 9.37. The topological polar surface area (TPSA) is 64.2 Å². The molecule has 0 fully saturated rings. The zero-order chi connectivity index (χ0) is 23.5. The summed E-state index contributed by atoms with van der Waals surface area (Å²) in [4.78, 5) is 21.4. The van der Waals surface area contributed by atoms with Gasteiger partial charge in [0.15, 0.2) is 11.5 Å².